The maximum atomic E-state index is 11.9. The van der Waals surface area contributed by atoms with Gasteiger partial charge in [-0.2, -0.15) is 0 Å². The van der Waals surface area contributed by atoms with Crippen molar-refractivity contribution < 1.29 is 18.3 Å². The van der Waals surface area contributed by atoms with Gasteiger partial charge in [0.1, 0.15) is 0 Å². The second-order valence-corrected chi connectivity index (χ2v) is 6.16. The highest BCUT2D eigenvalue weighted by molar-refractivity contribution is 7.91. The van der Waals surface area contributed by atoms with E-state index in [1.165, 1.54) is 12.1 Å². The van der Waals surface area contributed by atoms with Crippen LogP contribution in [0.25, 0.3) is 0 Å². The fraction of sp³-hybridized carbons (Fsp3) is 0.500. The summed E-state index contributed by atoms with van der Waals surface area (Å²) in [6.07, 6.45) is -1.02. The summed E-state index contributed by atoms with van der Waals surface area (Å²) in [5.41, 5.74) is 0. The molecule has 0 aliphatic heterocycles. The smallest absolute Gasteiger partial charge is 0.180 e. The van der Waals surface area contributed by atoms with Crippen LogP contribution in [-0.4, -0.2) is 38.1 Å². The van der Waals surface area contributed by atoms with Crippen LogP contribution in [0.3, 0.4) is 0 Å². The molecule has 1 atom stereocenters. The third kappa shape index (κ3) is 4.85. The van der Waals surface area contributed by atoms with Crippen LogP contribution in [0.15, 0.2) is 35.2 Å². The number of ether oxygens (including phenoxy) is 1. The largest absolute Gasteiger partial charge is 0.390 e. The first-order valence-corrected chi connectivity index (χ1v) is 7.14. The van der Waals surface area contributed by atoms with Crippen LogP contribution in [0.2, 0.25) is 0 Å². The van der Waals surface area contributed by atoms with E-state index >= 15 is 0 Å². The van der Waals surface area contributed by atoms with Crippen molar-refractivity contribution in [1.82, 2.24) is 0 Å². The number of aliphatic hydroxyl groups excluding tert-OH is 1. The zero-order valence-corrected chi connectivity index (χ0v) is 10.9. The Morgan fingerprint density at radius 2 is 1.82 bits per heavy atom. The number of rotatable bonds is 6. The van der Waals surface area contributed by atoms with Crippen molar-refractivity contribution in [3.05, 3.63) is 30.3 Å². The van der Waals surface area contributed by atoms with Gasteiger partial charge in [-0.05, 0) is 26.0 Å². The second kappa shape index (κ2) is 6.14. The molecule has 1 N–H and O–H groups in total. The predicted octanol–water partition coefficient (Wildman–Crippen LogP) is 1.25. The summed E-state index contributed by atoms with van der Waals surface area (Å²) >= 11 is 0. The summed E-state index contributed by atoms with van der Waals surface area (Å²) in [7, 11) is -3.44. The molecule has 17 heavy (non-hydrogen) atoms. The maximum absolute atomic E-state index is 11.9. The monoisotopic (exact) mass is 258 g/mol. The molecule has 1 unspecified atom stereocenters. The van der Waals surface area contributed by atoms with Crippen molar-refractivity contribution in [2.75, 3.05) is 12.4 Å². The Morgan fingerprint density at radius 3 is 2.35 bits per heavy atom. The van der Waals surface area contributed by atoms with Gasteiger partial charge in [-0.3, -0.25) is 0 Å². The fourth-order valence-corrected chi connectivity index (χ4v) is 2.70. The highest BCUT2D eigenvalue weighted by Gasteiger charge is 2.19. The van der Waals surface area contributed by atoms with E-state index < -0.39 is 15.9 Å². The van der Waals surface area contributed by atoms with Gasteiger partial charge in [-0.15, -0.1) is 0 Å². The summed E-state index contributed by atoms with van der Waals surface area (Å²) in [5, 5.41) is 9.59. The fourth-order valence-electron chi connectivity index (χ4n) is 1.33. The van der Waals surface area contributed by atoms with Crippen LogP contribution in [0, 0.1) is 0 Å². The molecular formula is C12H18O4S. The van der Waals surface area contributed by atoms with E-state index in [0.717, 1.165) is 0 Å². The van der Waals surface area contributed by atoms with Gasteiger partial charge in [0.25, 0.3) is 0 Å². The Balaban J connectivity index is 2.62. The second-order valence-electron chi connectivity index (χ2n) is 4.13. The minimum absolute atomic E-state index is 0.0240. The van der Waals surface area contributed by atoms with Gasteiger partial charge in [0.05, 0.1) is 29.5 Å². The van der Waals surface area contributed by atoms with Crippen molar-refractivity contribution in [2.24, 2.45) is 0 Å². The molecule has 0 spiro atoms. The van der Waals surface area contributed by atoms with Gasteiger partial charge in [0.15, 0.2) is 9.84 Å². The van der Waals surface area contributed by atoms with E-state index in [-0.39, 0.29) is 23.4 Å². The van der Waals surface area contributed by atoms with Gasteiger partial charge >= 0.3 is 0 Å². The Morgan fingerprint density at radius 1 is 1.24 bits per heavy atom. The zero-order chi connectivity index (χ0) is 12.9. The molecule has 0 fully saturated rings. The molecule has 1 aromatic rings. The molecule has 0 bridgehead atoms. The van der Waals surface area contributed by atoms with E-state index in [0.29, 0.717) is 0 Å². The normalized spacial score (nSPS) is 13.9. The Hall–Kier alpha value is -0.910. The average molecular weight is 258 g/mol. The number of sulfone groups is 1. The minimum atomic E-state index is -3.44. The molecule has 0 radical (unpaired) electrons. The predicted molar refractivity (Wildman–Crippen MR) is 65.6 cm³/mol. The molecule has 0 aromatic heterocycles. The quantitative estimate of drug-likeness (QED) is 0.834. The molecule has 1 rings (SSSR count). The lowest BCUT2D eigenvalue weighted by Gasteiger charge is -2.13. The van der Waals surface area contributed by atoms with Gasteiger partial charge < -0.3 is 9.84 Å². The molecule has 5 heteroatoms. The van der Waals surface area contributed by atoms with Crippen LogP contribution in [-0.2, 0) is 14.6 Å². The first kappa shape index (κ1) is 14.2. The summed E-state index contributed by atoms with van der Waals surface area (Å²) in [6.45, 7) is 3.70. The van der Waals surface area contributed by atoms with Gasteiger partial charge in [0, 0.05) is 0 Å². The lowest BCUT2D eigenvalue weighted by molar-refractivity contribution is 0.0146. The standard InChI is InChI=1S/C12H18O4S/c1-10(2)16-8-11(13)9-17(14,15)12-6-4-3-5-7-12/h3-7,10-11,13H,8-9H2,1-2H3. The molecule has 0 amide bonds. The van der Waals surface area contributed by atoms with Crippen LogP contribution >= 0.6 is 0 Å². The summed E-state index contributed by atoms with van der Waals surface area (Å²) in [5.74, 6) is -0.316. The lowest BCUT2D eigenvalue weighted by atomic mass is 10.4. The first-order valence-electron chi connectivity index (χ1n) is 5.49. The van der Waals surface area contributed by atoms with E-state index in [4.69, 9.17) is 4.74 Å². The van der Waals surface area contributed by atoms with E-state index in [1.807, 2.05) is 13.8 Å². The maximum Gasteiger partial charge on any atom is 0.180 e. The van der Waals surface area contributed by atoms with Gasteiger partial charge in [-0.25, -0.2) is 8.42 Å². The van der Waals surface area contributed by atoms with Crippen molar-refractivity contribution in [3.63, 3.8) is 0 Å². The molecule has 0 aliphatic rings. The van der Waals surface area contributed by atoms with Crippen molar-refractivity contribution >= 4 is 9.84 Å². The van der Waals surface area contributed by atoms with Crippen LogP contribution in [0.1, 0.15) is 13.8 Å². The topological polar surface area (TPSA) is 63.6 Å². The Bertz CT molecular complexity index is 425. The molecule has 0 aliphatic carbocycles. The number of benzene rings is 1. The molecule has 0 heterocycles. The number of hydrogen-bond acceptors (Lipinski definition) is 4. The van der Waals surface area contributed by atoms with Crippen molar-refractivity contribution in [2.45, 2.75) is 31.0 Å². The average Bonchev–Trinajstić information content (AvgIpc) is 2.27. The van der Waals surface area contributed by atoms with Crippen molar-refractivity contribution in [1.29, 1.82) is 0 Å². The third-order valence-corrected chi connectivity index (χ3v) is 3.95. The lowest BCUT2D eigenvalue weighted by Crippen LogP contribution is -2.27. The Kier molecular flexibility index (Phi) is 5.11. The van der Waals surface area contributed by atoms with E-state index in [1.54, 1.807) is 18.2 Å². The summed E-state index contributed by atoms with van der Waals surface area (Å²) in [4.78, 5) is 0.226. The highest BCUT2D eigenvalue weighted by Crippen LogP contribution is 2.11. The summed E-state index contributed by atoms with van der Waals surface area (Å²) in [6, 6.07) is 8.10. The van der Waals surface area contributed by atoms with Crippen LogP contribution in [0.4, 0.5) is 0 Å². The Labute approximate surface area is 102 Å². The number of hydrogen-bond donors (Lipinski definition) is 1. The zero-order valence-electron chi connectivity index (χ0n) is 10.0. The van der Waals surface area contributed by atoms with Gasteiger partial charge in [-0.1, -0.05) is 18.2 Å². The van der Waals surface area contributed by atoms with Crippen LogP contribution < -0.4 is 0 Å². The van der Waals surface area contributed by atoms with Gasteiger partial charge in [0.2, 0.25) is 0 Å². The molecule has 4 nitrogen and oxygen atoms in total. The van der Waals surface area contributed by atoms with Crippen LogP contribution in [0.5, 0.6) is 0 Å². The number of aliphatic hydroxyl groups is 1. The molecular weight excluding hydrogens is 240 g/mol. The van der Waals surface area contributed by atoms with E-state index in [9.17, 15) is 13.5 Å². The molecule has 1 aromatic carbocycles. The van der Waals surface area contributed by atoms with E-state index in [2.05, 4.69) is 0 Å². The molecule has 0 saturated carbocycles. The first-order chi connectivity index (χ1) is 7.92. The molecule has 0 saturated heterocycles. The summed E-state index contributed by atoms with van der Waals surface area (Å²) < 4.78 is 28.9. The SMILES string of the molecule is CC(C)OCC(O)CS(=O)(=O)c1ccccc1. The third-order valence-electron chi connectivity index (χ3n) is 2.14. The highest BCUT2D eigenvalue weighted by atomic mass is 32.2. The van der Waals surface area contributed by atoms with Crippen molar-refractivity contribution in [3.8, 4) is 0 Å². The minimum Gasteiger partial charge on any atom is -0.390 e. The molecule has 96 valence electrons.